The van der Waals surface area contributed by atoms with Crippen LogP contribution in [0.5, 0.6) is 11.5 Å². The molecule has 2 rings (SSSR count). The van der Waals surface area contributed by atoms with Crippen molar-refractivity contribution in [2.45, 2.75) is 19.8 Å². The molecule has 1 amide bonds. The molecule has 1 aromatic rings. The number of fused-ring (bicyclic) bond motifs is 1. The quantitative estimate of drug-likeness (QED) is 0.851. The summed E-state index contributed by atoms with van der Waals surface area (Å²) >= 11 is 0. The predicted octanol–water partition coefficient (Wildman–Crippen LogP) is 1.79. The molecule has 0 atom stereocenters. The van der Waals surface area contributed by atoms with Crippen LogP contribution in [-0.2, 0) is 4.79 Å². The van der Waals surface area contributed by atoms with Crippen LogP contribution in [0.15, 0.2) is 18.2 Å². The second-order valence-electron chi connectivity index (χ2n) is 4.42. The van der Waals surface area contributed by atoms with Gasteiger partial charge in [0.25, 0.3) is 0 Å². The molecule has 0 bridgehead atoms. The van der Waals surface area contributed by atoms with Crippen molar-refractivity contribution < 1.29 is 14.3 Å². The minimum atomic E-state index is -0.00559. The van der Waals surface area contributed by atoms with E-state index in [4.69, 9.17) is 9.47 Å². The van der Waals surface area contributed by atoms with Crippen molar-refractivity contribution in [3.05, 3.63) is 18.2 Å². The summed E-state index contributed by atoms with van der Waals surface area (Å²) in [5, 5.41) is 5.89. The minimum Gasteiger partial charge on any atom is -0.490 e. The molecule has 0 aromatic heterocycles. The van der Waals surface area contributed by atoms with E-state index in [2.05, 4.69) is 10.6 Å². The molecule has 0 aliphatic carbocycles. The van der Waals surface area contributed by atoms with Gasteiger partial charge in [-0.25, -0.2) is 0 Å². The Kier molecular flexibility index (Phi) is 4.89. The highest BCUT2D eigenvalue weighted by Crippen LogP contribution is 2.32. The van der Waals surface area contributed by atoms with E-state index in [9.17, 15) is 4.79 Å². The van der Waals surface area contributed by atoms with Crippen LogP contribution in [0.4, 0.5) is 5.69 Å². The van der Waals surface area contributed by atoms with Gasteiger partial charge in [-0.2, -0.15) is 0 Å². The summed E-state index contributed by atoms with van der Waals surface area (Å²) in [6.07, 6.45) is 1.83. The highest BCUT2D eigenvalue weighted by molar-refractivity contribution is 5.80. The third-order valence-corrected chi connectivity index (χ3v) is 2.77. The molecule has 1 heterocycles. The molecule has 1 aromatic carbocycles. The zero-order valence-electron chi connectivity index (χ0n) is 11.2. The lowest BCUT2D eigenvalue weighted by Gasteiger charge is -2.11. The van der Waals surface area contributed by atoms with Crippen LogP contribution in [0.1, 0.15) is 19.8 Å². The van der Waals surface area contributed by atoms with Crippen LogP contribution in [-0.4, -0.2) is 32.2 Å². The van der Waals surface area contributed by atoms with E-state index >= 15 is 0 Å². The van der Waals surface area contributed by atoms with Crippen LogP contribution in [0.3, 0.4) is 0 Å². The van der Waals surface area contributed by atoms with Crippen LogP contribution >= 0.6 is 0 Å². The molecule has 1 aliphatic heterocycles. The van der Waals surface area contributed by atoms with E-state index in [-0.39, 0.29) is 12.5 Å². The fraction of sp³-hybridized carbons (Fsp3) is 0.500. The van der Waals surface area contributed by atoms with Crippen LogP contribution < -0.4 is 20.1 Å². The Morgan fingerprint density at radius 3 is 2.84 bits per heavy atom. The van der Waals surface area contributed by atoms with Crippen molar-refractivity contribution in [2.75, 3.05) is 31.6 Å². The topological polar surface area (TPSA) is 59.6 Å². The zero-order valence-corrected chi connectivity index (χ0v) is 11.2. The average Bonchev–Trinajstić information content (AvgIpc) is 2.67. The number of nitrogens with one attached hydrogen (secondary N) is 2. The fourth-order valence-electron chi connectivity index (χ4n) is 1.78. The highest BCUT2D eigenvalue weighted by atomic mass is 16.5. The highest BCUT2D eigenvalue weighted by Gasteiger charge is 2.10. The molecule has 2 N–H and O–H groups in total. The predicted molar refractivity (Wildman–Crippen MR) is 73.8 cm³/mol. The largest absolute Gasteiger partial charge is 0.490 e. The monoisotopic (exact) mass is 264 g/mol. The number of amides is 1. The fourth-order valence-corrected chi connectivity index (χ4v) is 1.78. The number of benzene rings is 1. The van der Waals surface area contributed by atoms with Crippen LogP contribution in [0.25, 0.3) is 0 Å². The third-order valence-electron chi connectivity index (χ3n) is 2.77. The van der Waals surface area contributed by atoms with E-state index in [1.807, 2.05) is 25.1 Å². The summed E-state index contributed by atoms with van der Waals surface area (Å²) in [6.45, 7) is 4.34. The van der Waals surface area contributed by atoms with Crippen molar-refractivity contribution in [1.29, 1.82) is 0 Å². The van der Waals surface area contributed by atoms with Gasteiger partial charge in [-0.05, 0) is 18.6 Å². The lowest BCUT2D eigenvalue weighted by molar-refractivity contribution is -0.119. The first-order chi connectivity index (χ1) is 9.29. The molecular formula is C14H20N2O3. The maximum Gasteiger partial charge on any atom is 0.239 e. The molecule has 5 nitrogen and oxygen atoms in total. The van der Waals surface area contributed by atoms with Gasteiger partial charge in [-0.15, -0.1) is 0 Å². The van der Waals surface area contributed by atoms with Gasteiger partial charge in [0.2, 0.25) is 5.91 Å². The Balaban J connectivity index is 1.90. The molecule has 0 unspecified atom stereocenters. The maximum absolute atomic E-state index is 11.5. The van der Waals surface area contributed by atoms with Gasteiger partial charge in [-0.1, -0.05) is 6.92 Å². The molecule has 104 valence electrons. The Morgan fingerprint density at radius 1 is 1.26 bits per heavy atom. The van der Waals surface area contributed by atoms with E-state index in [1.165, 1.54) is 0 Å². The van der Waals surface area contributed by atoms with Crippen molar-refractivity contribution in [3.8, 4) is 11.5 Å². The Hall–Kier alpha value is -1.91. The van der Waals surface area contributed by atoms with Gasteiger partial charge >= 0.3 is 0 Å². The van der Waals surface area contributed by atoms with Gasteiger partial charge in [0, 0.05) is 24.7 Å². The number of anilines is 1. The number of ether oxygens (including phenoxy) is 2. The lowest BCUT2D eigenvalue weighted by Crippen LogP contribution is -2.30. The SMILES string of the molecule is CCCNC(=O)CNc1ccc2c(c1)OCCCO2. The average molecular weight is 264 g/mol. The normalized spacial score (nSPS) is 13.5. The second kappa shape index (κ2) is 6.87. The molecule has 5 heteroatoms. The molecule has 0 saturated heterocycles. The summed E-state index contributed by atoms with van der Waals surface area (Å²) in [4.78, 5) is 11.5. The molecule has 0 radical (unpaired) electrons. The number of hydrogen-bond acceptors (Lipinski definition) is 4. The number of hydrogen-bond donors (Lipinski definition) is 2. The van der Waals surface area contributed by atoms with Gasteiger partial charge < -0.3 is 20.1 Å². The Morgan fingerprint density at radius 2 is 2.05 bits per heavy atom. The summed E-state index contributed by atoms with van der Waals surface area (Å²) < 4.78 is 11.1. The summed E-state index contributed by atoms with van der Waals surface area (Å²) in [5.41, 5.74) is 0.857. The number of carbonyl (C=O) groups is 1. The molecule has 1 aliphatic rings. The van der Waals surface area contributed by atoms with Crippen LogP contribution in [0.2, 0.25) is 0 Å². The van der Waals surface area contributed by atoms with Gasteiger partial charge in [0.1, 0.15) is 0 Å². The first-order valence-electron chi connectivity index (χ1n) is 6.70. The van der Waals surface area contributed by atoms with Crippen molar-refractivity contribution in [1.82, 2.24) is 5.32 Å². The van der Waals surface area contributed by atoms with Crippen molar-refractivity contribution >= 4 is 11.6 Å². The van der Waals surface area contributed by atoms with E-state index in [0.717, 1.165) is 30.0 Å². The summed E-state index contributed by atoms with van der Waals surface area (Å²) in [7, 11) is 0. The molecular weight excluding hydrogens is 244 g/mol. The first-order valence-corrected chi connectivity index (χ1v) is 6.70. The Labute approximate surface area is 113 Å². The van der Waals surface area contributed by atoms with E-state index in [1.54, 1.807) is 0 Å². The molecule has 0 fully saturated rings. The smallest absolute Gasteiger partial charge is 0.239 e. The number of carbonyl (C=O) groups excluding carboxylic acids is 1. The van der Waals surface area contributed by atoms with Gasteiger partial charge in [0.05, 0.1) is 19.8 Å². The van der Waals surface area contributed by atoms with Gasteiger partial charge in [0.15, 0.2) is 11.5 Å². The number of rotatable bonds is 5. The molecule has 0 spiro atoms. The summed E-state index contributed by atoms with van der Waals surface area (Å²) in [5.74, 6) is 1.49. The second-order valence-corrected chi connectivity index (χ2v) is 4.42. The standard InChI is InChI=1S/C14H20N2O3/c1-2-6-15-14(17)10-16-11-4-5-12-13(9-11)19-8-3-7-18-12/h4-5,9,16H,2-3,6-8,10H2,1H3,(H,15,17). The maximum atomic E-state index is 11.5. The lowest BCUT2D eigenvalue weighted by atomic mass is 10.2. The third kappa shape index (κ3) is 4.05. The molecule has 0 saturated carbocycles. The van der Waals surface area contributed by atoms with Crippen LogP contribution in [0, 0.1) is 0 Å². The summed E-state index contributed by atoms with van der Waals surface area (Å²) in [6, 6.07) is 5.63. The van der Waals surface area contributed by atoms with Gasteiger partial charge in [-0.3, -0.25) is 4.79 Å². The molecule has 19 heavy (non-hydrogen) atoms. The van der Waals surface area contributed by atoms with E-state index in [0.29, 0.717) is 19.8 Å². The Bertz CT molecular complexity index is 435. The first kappa shape index (κ1) is 13.5. The van der Waals surface area contributed by atoms with E-state index < -0.39 is 0 Å². The minimum absolute atomic E-state index is 0.00559. The zero-order chi connectivity index (χ0) is 13.5. The van der Waals surface area contributed by atoms with Crippen molar-refractivity contribution in [3.63, 3.8) is 0 Å². The van der Waals surface area contributed by atoms with Crippen molar-refractivity contribution in [2.24, 2.45) is 0 Å².